The number of benzene rings is 1. The first kappa shape index (κ1) is 17.7. The van der Waals surface area contributed by atoms with Gasteiger partial charge in [0.25, 0.3) is 0 Å². The fraction of sp³-hybridized carbons (Fsp3) is 0.368. The number of piperidine rings is 1. The summed E-state index contributed by atoms with van der Waals surface area (Å²) in [5.74, 6) is 2.42. The SMILES string of the molecule is CC1CC(c2ncc3nc(COc4ccccc4)cc-3[nH]2)CCN1.Cl. The smallest absolute Gasteiger partial charge is 0.130 e. The van der Waals surface area contributed by atoms with Gasteiger partial charge < -0.3 is 15.0 Å². The second-order valence-electron chi connectivity index (χ2n) is 6.49. The van der Waals surface area contributed by atoms with Gasteiger partial charge in [-0.05, 0) is 44.5 Å². The van der Waals surface area contributed by atoms with Gasteiger partial charge in [-0.3, -0.25) is 0 Å². The molecule has 0 bridgehead atoms. The first-order valence-corrected chi connectivity index (χ1v) is 8.54. The maximum absolute atomic E-state index is 5.78. The molecule has 0 aromatic heterocycles. The van der Waals surface area contributed by atoms with Gasteiger partial charge in [0.1, 0.15) is 23.9 Å². The number of aromatic amines is 1. The predicted octanol–water partition coefficient (Wildman–Crippen LogP) is 3.77. The van der Waals surface area contributed by atoms with Crippen LogP contribution in [0.3, 0.4) is 0 Å². The van der Waals surface area contributed by atoms with E-state index in [0.717, 1.165) is 48.0 Å². The van der Waals surface area contributed by atoms with Crippen LogP contribution in [-0.2, 0) is 6.61 Å². The summed E-state index contributed by atoms with van der Waals surface area (Å²) in [4.78, 5) is 12.7. The Morgan fingerprint density at radius 1 is 1.24 bits per heavy atom. The Kier molecular flexibility index (Phi) is 5.56. The van der Waals surface area contributed by atoms with Crippen molar-refractivity contribution in [3.05, 3.63) is 54.1 Å². The highest BCUT2D eigenvalue weighted by Gasteiger charge is 2.22. The van der Waals surface area contributed by atoms with E-state index in [1.165, 1.54) is 0 Å². The van der Waals surface area contributed by atoms with E-state index in [-0.39, 0.29) is 12.4 Å². The van der Waals surface area contributed by atoms with Gasteiger partial charge in [-0.25, -0.2) is 9.97 Å². The molecule has 1 saturated heterocycles. The van der Waals surface area contributed by atoms with Crippen LogP contribution in [0, 0.1) is 0 Å². The number of para-hydroxylation sites is 1. The number of hydrogen-bond acceptors (Lipinski definition) is 4. The normalized spacial score (nSPS) is 20.2. The van der Waals surface area contributed by atoms with Crippen molar-refractivity contribution < 1.29 is 4.74 Å². The Hall–Kier alpha value is -2.11. The van der Waals surface area contributed by atoms with E-state index in [9.17, 15) is 0 Å². The van der Waals surface area contributed by atoms with E-state index < -0.39 is 0 Å². The second-order valence-corrected chi connectivity index (χ2v) is 6.49. The van der Waals surface area contributed by atoms with Gasteiger partial charge in [-0.2, -0.15) is 0 Å². The predicted molar refractivity (Wildman–Crippen MR) is 100 cm³/mol. The summed E-state index contributed by atoms with van der Waals surface area (Å²) >= 11 is 0. The van der Waals surface area contributed by atoms with Crippen LogP contribution in [0.5, 0.6) is 5.75 Å². The van der Waals surface area contributed by atoms with Crippen LogP contribution in [0.1, 0.15) is 37.2 Å². The third-order valence-electron chi connectivity index (χ3n) is 4.58. The zero-order valence-electron chi connectivity index (χ0n) is 14.2. The van der Waals surface area contributed by atoms with Crippen LogP contribution in [0.25, 0.3) is 11.4 Å². The Balaban J connectivity index is 0.00000182. The molecule has 2 unspecified atom stereocenters. The molecule has 1 aromatic rings. The third kappa shape index (κ3) is 4.11. The lowest BCUT2D eigenvalue weighted by Gasteiger charge is -2.27. The molecule has 0 spiro atoms. The van der Waals surface area contributed by atoms with E-state index in [0.29, 0.717) is 18.6 Å². The molecule has 6 heteroatoms. The minimum atomic E-state index is 0. The fourth-order valence-corrected chi connectivity index (χ4v) is 3.32. The zero-order valence-corrected chi connectivity index (χ0v) is 15.1. The molecular weight excluding hydrogens is 336 g/mol. The van der Waals surface area contributed by atoms with Gasteiger partial charge in [-0.15, -0.1) is 12.4 Å². The Morgan fingerprint density at radius 2 is 2.08 bits per heavy atom. The van der Waals surface area contributed by atoms with Gasteiger partial charge >= 0.3 is 0 Å². The van der Waals surface area contributed by atoms with Gasteiger partial charge in [0.05, 0.1) is 17.6 Å². The molecule has 25 heavy (non-hydrogen) atoms. The summed E-state index contributed by atoms with van der Waals surface area (Å²) in [5, 5.41) is 3.48. The van der Waals surface area contributed by atoms with Crippen molar-refractivity contribution in [2.24, 2.45) is 0 Å². The molecule has 0 amide bonds. The maximum atomic E-state index is 5.78. The maximum Gasteiger partial charge on any atom is 0.130 e. The summed E-state index contributed by atoms with van der Waals surface area (Å²) < 4.78 is 5.78. The molecule has 4 rings (SSSR count). The van der Waals surface area contributed by atoms with Gasteiger partial charge in [0, 0.05) is 12.0 Å². The standard InChI is InChI=1S/C19H22N4O.ClH/c1-13-9-14(7-8-20-13)19-21-11-18-17(23-19)10-15(22-18)12-24-16-5-3-2-4-6-16;/h2-6,10-11,13-14,20H,7-9,12H2,1H3,(H,21,23);1H. The quantitative estimate of drug-likeness (QED) is 0.745. The highest BCUT2D eigenvalue weighted by atomic mass is 35.5. The number of ether oxygens (including phenoxy) is 1. The molecule has 2 atom stereocenters. The molecular formula is C19H23ClN4O. The lowest BCUT2D eigenvalue weighted by molar-refractivity contribution is 0.302. The van der Waals surface area contributed by atoms with E-state index in [1.807, 2.05) is 36.5 Å². The van der Waals surface area contributed by atoms with Crippen molar-refractivity contribution in [3.8, 4) is 17.1 Å². The number of halogens is 1. The van der Waals surface area contributed by atoms with E-state index in [1.54, 1.807) is 0 Å². The van der Waals surface area contributed by atoms with Crippen molar-refractivity contribution in [2.45, 2.75) is 38.3 Å². The number of nitrogens with zero attached hydrogens (tertiary/aromatic N) is 2. The van der Waals surface area contributed by atoms with Crippen LogP contribution in [0.4, 0.5) is 0 Å². The number of nitrogens with one attached hydrogen (secondary N) is 2. The van der Waals surface area contributed by atoms with Crippen LogP contribution >= 0.6 is 12.4 Å². The minimum absolute atomic E-state index is 0. The van der Waals surface area contributed by atoms with Crippen LogP contribution in [0.15, 0.2) is 42.6 Å². The average molecular weight is 359 g/mol. The summed E-state index contributed by atoms with van der Waals surface area (Å²) in [5.41, 5.74) is 2.85. The first-order valence-electron chi connectivity index (χ1n) is 8.54. The third-order valence-corrected chi connectivity index (χ3v) is 4.58. The summed E-state index contributed by atoms with van der Waals surface area (Å²) in [6.45, 7) is 3.74. The molecule has 5 nitrogen and oxygen atoms in total. The Bertz CT molecular complexity index is 776. The molecule has 3 heterocycles. The second kappa shape index (κ2) is 7.85. The van der Waals surface area contributed by atoms with Crippen molar-refractivity contribution in [1.82, 2.24) is 20.3 Å². The summed E-state index contributed by atoms with van der Waals surface area (Å²) in [7, 11) is 0. The molecule has 2 N–H and O–H groups in total. The van der Waals surface area contributed by atoms with E-state index in [4.69, 9.17) is 4.74 Å². The van der Waals surface area contributed by atoms with E-state index >= 15 is 0 Å². The number of aromatic nitrogens is 3. The zero-order chi connectivity index (χ0) is 16.4. The summed E-state index contributed by atoms with van der Waals surface area (Å²) in [6, 6.07) is 12.4. The van der Waals surface area contributed by atoms with E-state index in [2.05, 4.69) is 33.3 Å². The van der Waals surface area contributed by atoms with Crippen molar-refractivity contribution in [1.29, 1.82) is 0 Å². The molecule has 0 saturated carbocycles. The van der Waals surface area contributed by atoms with Crippen LogP contribution in [0.2, 0.25) is 0 Å². The average Bonchev–Trinajstić information content (AvgIpc) is 3.03. The molecule has 0 radical (unpaired) electrons. The van der Waals surface area contributed by atoms with Crippen molar-refractivity contribution in [2.75, 3.05) is 6.54 Å². The monoisotopic (exact) mass is 358 g/mol. The van der Waals surface area contributed by atoms with Crippen LogP contribution in [-0.4, -0.2) is 27.5 Å². The lowest BCUT2D eigenvalue weighted by Crippen LogP contribution is -2.35. The summed E-state index contributed by atoms with van der Waals surface area (Å²) in [6.07, 6.45) is 4.12. The molecule has 1 aromatic carbocycles. The molecule has 132 valence electrons. The Morgan fingerprint density at radius 3 is 2.88 bits per heavy atom. The highest BCUT2D eigenvalue weighted by Crippen LogP contribution is 2.28. The van der Waals surface area contributed by atoms with Gasteiger partial charge in [0.15, 0.2) is 0 Å². The highest BCUT2D eigenvalue weighted by molar-refractivity contribution is 5.85. The van der Waals surface area contributed by atoms with Crippen molar-refractivity contribution >= 4 is 12.4 Å². The number of rotatable bonds is 4. The number of H-pyrrole nitrogens is 1. The first-order chi connectivity index (χ1) is 11.8. The lowest BCUT2D eigenvalue weighted by atomic mass is 9.92. The van der Waals surface area contributed by atoms with Gasteiger partial charge in [-0.1, -0.05) is 18.2 Å². The van der Waals surface area contributed by atoms with Gasteiger partial charge in [0.2, 0.25) is 0 Å². The molecule has 3 aliphatic rings. The van der Waals surface area contributed by atoms with Crippen LogP contribution < -0.4 is 10.1 Å². The number of fused-ring (bicyclic) bond motifs is 1. The fourth-order valence-electron chi connectivity index (χ4n) is 3.32. The number of hydrogen-bond donors (Lipinski definition) is 2. The molecule has 3 aliphatic heterocycles. The van der Waals surface area contributed by atoms with Crippen molar-refractivity contribution in [3.63, 3.8) is 0 Å². The Labute approximate surface area is 154 Å². The minimum Gasteiger partial charge on any atom is -0.487 e. The molecule has 0 aliphatic carbocycles. The molecule has 1 fully saturated rings. The topological polar surface area (TPSA) is 62.8 Å². The largest absolute Gasteiger partial charge is 0.487 e.